The van der Waals surface area contributed by atoms with E-state index < -0.39 is 4.92 Å². The normalized spacial score (nSPS) is 12.0. The van der Waals surface area contributed by atoms with Gasteiger partial charge in [0, 0.05) is 23.9 Å². The Bertz CT molecular complexity index is 943. The van der Waals surface area contributed by atoms with Crippen LogP contribution >= 0.6 is 11.8 Å². The lowest BCUT2D eigenvalue weighted by Gasteiger charge is -2.17. The maximum Gasteiger partial charge on any atom is 0.270 e. The van der Waals surface area contributed by atoms with E-state index in [0.717, 1.165) is 5.75 Å². The minimum atomic E-state index is -0.520. The predicted octanol–water partition coefficient (Wildman–Crippen LogP) is 2.86. The van der Waals surface area contributed by atoms with Crippen molar-refractivity contribution in [2.24, 2.45) is 0 Å². The highest BCUT2D eigenvalue weighted by Gasteiger charge is 2.21. The smallest absolute Gasteiger partial charge is 0.270 e. The van der Waals surface area contributed by atoms with Crippen molar-refractivity contribution in [3.8, 4) is 0 Å². The van der Waals surface area contributed by atoms with Crippen molar-refractivity contribution < 1.29 is 9.72 Å². The number of rotatable bonds is 7. The maximum atomic E-state index is 12.6. The number of benzene rings is 1. The quantitative estimate of drug-likeness (QED) is 0.506. The van der Waals surface area contributed by atoms with Gasteiger partial charge in [0.25, 0.3) is 11.6 Å². The Hall–Kier alpha value is -2.94. The second-order valence-corrected chi connectivity index (χ2v) is 6.59. The average molecular weight is 371 g/mol. The van der Waals surface area contributed by atoms with Crippen LogP contribution in [-0.2, 0) is 0 Å². The molecule has 8 nitrogen and oxygen atoms in total. The van der Waals surface area contributed by atoms with Gasteiger partial charge in [-0.25, -0.2) is 0 Å². The summed E-state index contributed by atoms with van der Waals surface area (Å²) in [5, 5.41) is 22.2. The Labute approximate surface area is 153 Å². The molecular weight excluding hydrogens is 354 g/mol. The number of aromatic nitrogens is 3. The monoisotopic (exact) mass is 371 g/mol. The van der Waals surface area contributed by atoms with Gasteiger partial charge in [0.05, 0.1) is 11.0 Å². The molecule has 2 heterocycles. The number of carbonyl (C=O) groups excluding carboxylic acids is 1. The molecule has 0 radical (unpaired) electrons. The summed E-state index contributed by atoms with van der Waals surface area (Å²) in [6, 6.07) is 10.9. The fourth-order valence-electron chi connectivity index (χ4n) is 2.60. The van der Waals surface area contributed by atoms with Crippen LogP contribution in [0.25, 0.3) is 5.65 Å². The minimum Gasteiger partial charge on any atom is -0.342 e. The summed E-state index contributed by atoms with van der Waals surface area (Å²) in [7, 11) is 0. The molecule has 9 heteroatoms. The Kier molecular flexibility index (Phi) is 5.47. The van der Waals surface area contributed by atoms with Crippen LogP contribution in [0.3, 0.4) is 0 Å². The highest BCUT2D eigenvalue weighted by atomic mass is 32.2. The number of hydrogen-bond donors (Lipinski definition) is 1. The number of nitro benzene ring substituents is 1. The SMILES string of the molecule is CSCC[C@H](NC(=O)c1cccc([N+](=O)[O-])c1)c1nnc2ccccn12. The van der Waals surface area contributed by atoms with Gasteiger partial charge in [-0.2, -0.15) is 11.8 Å². The third kappa shape index (κ3) is 3.83. The van der Waals surface area contributed by atoms with E-state index in [2.05, 4.69) is 15.5 Å². The molecule has 0 fully saturated rings. The number of pyridine rings is 1. The van der Waals surface area contributed by atoms with Crippen LogP contribution < -0.4 is 5.32 Å². The first-order valence-electron chi connectivity index (χ1n) is 7.94. The molecule has 0 aliphatic carbocycles. The van der Waals surface area contributed by atoms with Crippen molar-refractivity contribution >= 4 is 29.0 Å². The molecule has 3 rings (SSSR count). The van der Waals surface area contributed by atoms with Crippen molar-refractivity contribution in [3.05, 3.63) is 70.2 Å². The van der Waals surface area contributed by atoms with E-state index in [0.29, 0.717) is 17.9 Å². The number of nitrogens with one attached hydrogen (secondary N) is 1. The molecule has 134 valence electrons. The first kappa shape index (κ1) is 17.9. The average Bonchev–Trinajstić information content (AvgIpc) is 3.09. The van der Waals surface area contributed by atoms with Gasteiger partial charge in [0.2, 0.25) is 0 Å². The fraction of sp³-hybridized carbons (Fsp3) is 0.235. The molecule has 26 heavy (non-hydrogen) atoms. The molecule has 0 spiro atoms. The molecule has 0 saturated heterocycles. The van der Waals surface area contributed by atoms with E-state index in [1.807, 2.05) is 35.1 Å². The van der Waals surface area contributed by atoms with Gasteiger partial charge in [-0.3, -0.25) is 19.3 Å². The van der Waals surface area contributed by atoms with Crippen LogP contribution in [0.4, 0.5) is 5.69 Å². The number of carbonyl (C=O) groups is 1. The molecule has 0 aliphatic heterocycles. The first-order chi connectivity index (χ1) is 12.6. The third-order valence-electron chi connectivity index (χ3n) is 3.89. The van der Waals surface area contributed by atoms with E-state index in [9.17, 15) is 14.9 Å². The van der Waals surface area contributed by atoms with Gasteiger partial charge in [0.15, 0.2) is 11.5 Å². The number of thioether (sulfide) groups is 1. The number of nitrogens with zero attached hydrogens (tertiary/aromatic N) is 4. The van der Waals surface area contributed by atoms with Crippen LogP contribution in [0.2, 0.25) is 0 Å². The summed E-state index contributed by atoms with van der Waals surface area (Å²) in [6.45, 7) is 0. The van der Waals surface area contributed by atoms with Crippen LogP contribution in [0.15, 0.2) is 48.7 Å². The molecule has 2 aromatic heterocycles. The van der Waals surface area contributed by atoms with E-state index in [1.165, 1.54) is 18.2 Å². The maximum absolute atomic E-state index is 12.6. The van der Waals surface area contributed by atoms with Gasteiger partial charge >= 0.3 is 0 Å². The Morgan fingerprint density at radius 1 is 1.31 bits per heavy atom. The van der Waals surface area contributed by atoms with Crippen molar-refractivity contribution in [2.45, 2.75) is 12.5 Å². The fourth-order valence-corrected chi connectivity index (χ4v) is 3.07. The van der Waals surface area contributed by atoms with Gasteiger partial charge < -0.3 is 5.32 Å². The number of non-ortho nitro benzene ring substituents is 1. The zero-order valence-corrected chi connectivity index (χ0v) is 14.8. The van der Waals surface area contributed by atoms with Gasteiger partial charge in [-0.1, -0.05) is 12.1 Å². The van der Waals surface area contributed by atoms with Crippen molar-refractivity contribution in [1.82, 2.24) is 19.9 Å². The Balaban J connectivity index is 1.88. The van der Waals surface area contributed by atoms with Gasteiger partial charge in [-0.15, -0.1) is 10.2 Å². The van der Waals surface area contributed by atoms with Gasteiger partial charge in [-0.05, 0) is 36.6 Å². The lowest BCUT2D eigenvalue weighted by atomic mass is 10.1. The van der Waals surface area contributed by atoms with Crippen LogP contribution in [0, 0.1) is 10.1 Å². The Morgan fingerprint density at radius 2 is 2.15 bits per heavy atom. The van der Waals surface area contributed by atoms with Crippen molar-refractivity contribution in [2.75, 3.05) is 12.0 Å². The highest BCUT2D eigenvalue weighted by molar-refractivity contribution is 7.98. The van der Waals surface area contributed by atoms with E-state index in [4.69, 9.17) is 0 Å². The standard InChI is InChI=1S/C17H17N5O3S/c1-26-10-8-14(16-20-19-15-7-2-3-9-21(15)16)18-17(23)12-5-4-6-13(11-12)22(24)25/h2-7,9,11,14H,8,10H2,1H3,(H,18,23)/t14-/m0/s1. The summed E-state index contributed by atoms with van der Waals surface area (Å²) < 4.78 is 1.83. The molecule has 1 amide bonds. The number of amides is 1. The molecule has 0 bridgehead atoms. The number of nitro groups is 1. The molecular formula is C17H17N5O3S. The third-order valence-corrected chi connectivity index (χ3v) is 4.53. The van der Waals surface area contributed by atoms with Crippen molar-refractivity contribution in [3.63, 3.8) is 0 Å². The Morgan fingerprint density at radius 3 is 2.92 bits per heavy atom. The number of fused-ring (bicyclic) bond motifs is 1. The molecule has 3 aromatic rings. The van der Waals surface area contributed by atoms with E-state index in [-0.39, 0.29) is 23.2 Å². The lowest BCUT2D eigenvalue weighted by Crippen LogP contribution is -2.30. The van der Waals surface area contributed by atoms with Gasteiger partial charge in [0.1, 0.15) is 0 Å². The molecule has 0 unspecified atom stereocenters. The van der Waals surface area contributed by atoms with Crippen LogP contribution in [0.5, 0.6) is 0 Å². The molecule has 1 aromatic carbocycles. The van der Waals surface area contributed by atoms with Crippen molar-refractivity contribution in [1.29, 1.82) is 0 Å². The van der Waals surface area contributed by atoms with Crippen LogP contribution in [-0.4, -0.2) is 37.4 Å². The van der Waals surface area contributed by atoms with Crippen LogP contribution in [0.1, 0.15) is 28.6 Å². The summed E-state index contributed by atoms with van der Waals surface area (Å²) in [5.41, 5.74) is 0.815. The molecule has 0 saturated carbocycles. The second kappa shape index (κ2) is 7.96. The zero-order valence-electron chi connectivity index (χ0n) is 14.0. The predicted molar refractivity (Wildman–Crippen MR) is 99.3 cm³/mol. The lowest BCUT2D eigenvalue weighted by molar-refractivity contribution is -0.384. The highest BCUT2D eigenvalue weighted by Crippen LogP contribution is 2.20. The summed E-state index contributed by atoms with van der Waals surface area (Å²) in [4.78, 5) is 23.0. The molecule has 1 atom stereocenters. The summed E-state index contributed by atoms with van der Waals surface area (Å²) >= 11 is 1.66. The zero-order chi connectivity index (χ0) is 18.5. The largest absolute Gasteiger partial charge is 0.342 e. The second-order valence-electron chi connectivity index (χ2n) is 5.60. The molecule has 1 N–H and O–H groups in total. The minimum absolute atomic E-state index is 0.119. The van der Waals surface area contributed by atoms with E-state index >= 15 is 0 Å². The molecule has 0 aliphatic rings. The van der Waals surface area contributed by atoms with E-state index in [1.54, 1.807) is 17.8 Å². The number of hydrogen-bond acceptors (Lipinski definition) is 6. The summed E-state index contributed by atoms with van der Waals surface area (Å²) in [6.07, 6.45) is 4.50. The summed E-state index contributed by atoms with van der Waals surface area (Å²) in [5.74, 6) is 1.07. The topological polar surface area (TPSA) is 102 Å². The first-order valence-corrected chi connectivity index (χ1v) is 9.33.